The normalized spacial score (nSPS) is 25.0. The highest BCUT2D eigenvalue weighted by atomic mass is 15.1. The summed E-state index contributed by atoms with van der Waals surface area (Å²) in [6.45, 7) is 10.6. The zero-order valence-corrected chi connectivity index (χ0v) is 13.0. The Labute approximate surface area is 115 Å². The molecule has 0 heterocycles. The molecule has 108 valence electrons. The van der Waals surface area contributed by atoms with Crippen LogP contribution in [0.2, 0.25) is 0 Å². The average Bonchev–Trinajstić information content (AvgIpc) is 2.33. The van der Waals surface area contributed by atoms with Gasteiger partial charge in [-0.25, -0.2) is 0 Å². The van der Waals surface area contributed by atoms with Gasteiger partial charge in [-0.1, -0.05) is 33.6 Å². The fraction of sp³-hybridized carbons (Fsp3) is 1.00. The SMILES string of the molecule is CC(C)CNCCCCN(C)C1CCCCC1C. The van der Waals surface area contributed by atoms with E-state index in [1.807, 2.05) is 0 Å². The van der Waals surface area contributed by atoms with Crippen molar-refractivity contribution >= 4 is 0 Å². The van der Waals surface area contributed by atoms with Crippen LogP contribution in [0.15, 0.2) is 0 Å². The molecule has 0 aromatic heterocycles. The zero-order valence-electron chi connectivity index (χ0n) is 13.0. The molecule has 0 spiro atoms. The van der Waals surface area contributed by atoms with Gasteiger partial charge in [0, 0.05) is 6.04 Å². The van der Waals surface area contributed by atoms with Crippen LogP contribution in [0.4, 0.5) is 0 Å². The van der Waals surface area contributed by atoms with Gasteiger partial charge in [0.1, 0.15) is 0 Å². The molecular formula is C16H34N2. The van der Waals surface area contributed by atoms with Crippen LogP contribution in [-0.2, 0) is 0 Å². The number of rotatable bonds is 8. The van der Waals surface area contributed by atoms with E-state index < -0.39 is 0 Å². The van der Waals surface area contributed by atoms with Gasteiger partial charge in [-0.3, -0.25) is 0 Å². The Kier molecular flexibility index (Phi) is 7.92. The van der Waals surface area contributed by atoms with Gasteiger partial charge >= 0.3 is 0 Å². The van der Waals surface area contributed by atoms with Gasteiger partial charge in [0.25, 0.3) is 0 Å². The molecule has 1 aliphatic rings. The van der Waals surface area contributed by atoms with E-state index in [2.05, 4.69) is 38.0 Å². The van der Waals surface area contributed by atoms with E-state index in [-0.39, 0.29) is 0 Å². The summed E-state index contributed by atoms with van der Waals surface area (Å²) in [4.78, 5) is 2.62. The van der Waals surface area contributed by atoms with E-state index in [9.17, 15) is 0 Å². The van der Waals surface area contributed by atoms with Crippen LogP contribution < -0.4 is 5.32 Å². The van der Waals surface area contributed by atoms with Crippen LogP contribution in [0.3, 0.4) is 0 Å². The van der Waals surface area contributed by atoms with Crippen LogP contribution >= 0.6 is 0 Å². The maximum absolute atomic E-state index is 3.53. The maximum atomic E-state index is 3.53. The number of hydrogen-bond acceptors (Lipinski definition) is 2. The van der Waals surface area contributed by atoms with Crippen LogP contribution in [0.1, 0.15) is 59.3 Å². The molecule has 0 radical (unpaired) electrons. The lowest BCUT2D eigenvalue weighted by atomic mass is 9.85. The highest BCUT2D eigenvalue weighted by molar-refractivity contribution is 4.79. The van der Waals surface area contributed by atoms with E-state index >= 15 is 0 Å². The first-order valence-electron chi connectivity index (χ1n) is 8.02. The standard InChI is InChI=1S/C16H34N2/c1-14(2)13-17-11-7-8-12-18(4)16-10-6-5-9-15(16)3/h14-17H,5-13H2,1-4H3. The molecule has 0 aromatic carbocycles. The monoisotopic (exact) mass is 254 g/mol. The van der Waals surface area contributed by atoms with Crippen molar-refractivity contribution in [2.24, 2.45) is 11.8 Å². The molecule has 1 N–H and O–H groups in total. The molecule has 1 aliphatic carbocycles. The van der Waals surface area contributed by atoms with Gasteiger partial charge in [0.15, 0.2) is 0 Å². The van der Waals surface area contributed by atoms with E-state index in [4.69, 9.17) is 0 Å². The van der Waals surface area contributed by atoms with Crippen molar-refractivity contribution in [1.82, 2.24) is 10.2 Å². The first-order chi connectivity index (χ1) is 8.61. The summed E-state index contributed by atoms with van der Waals surface area (Å²) in [6, 6.07) is 0.849. The minimum Gasteiger partial charge on any atom is -0.316 e. The van der Waals surface area contributed by atoms with E-state index in [1.165, 1.54) is 51.6 Å². The average molecular weight is 254 g/mol. The second-order valence-corrected chi connectivity index (χ2v) is 6.61. The summed E-state index contributed by atoms with van der Waals surface area (Å²) in [7, 11) is 2.33. The molecule has 1 rings (SSSR count). The molecule has 0 aliphatic heterocycles. The number of nitrogens with zero attached hydrogens (tertiary/aromatic N) is 1. The molecule has 2 atom stereocenters. The smallest absolute Gasteiger partial charge is 0.0118 e. The summed E-state index contributed by atoms with van der Waals surface area (Å²) in [5, 5.41) is 3.53. The Balaban J connectivity index is 2.04. The van der Waals surface area contributed by atoms with E-state index in [1.54, 1.807) is 0 Å². The van der Waals surface area contributed by atoms with Gasteiger partial charge in [0.2, 0.25) is 0 Å². The summed E-state index contributed by atoms with van der Waals surface area (Å²) in [5.74, 6) is 1.68. The quantitative estimate of drug-likeness (QED) is 0.667. The van der Waals surface area contributed by atoms with Gasteiger partial charge in [-0.15, -0.1) is 0 Å². The molecule has 1 saturated carbocycles. The molecular weight excluding hydrogens is 220 g/mol. The predicted molar refractivity (Wildman–Crippen MR) is 81.0 cm³/mol. The molecule has 18 heavy (non-hydrogen) atoms. The topological polar surface area (TPSA) is 15.3 Å². The van der Waals surface area contributed by atoms with Gasteiger partial charge in [0.05, 0.1) is 0 Å². The van der Waals surface area contributed by atoms with Crippen molar-refractivity contribution in [3.05, 3.63) is 0 Å². The minimum atomic E-state index is 0.774. The molecule has 1 fully saturated rings. The zero-order chi connectivity index (χ0) is 13.4. The lowest BCUT2D eigenvalue weighted by molar-refractivity contribution is 0.137. The highest BCUT2D eigenvalue weighted by Crippen LogP contribution is 2.27. The van der Waals surface area contributed by atoms with E-state index in [0.29, 0.717) is 0 Å². The Bertz CT molecular complexity index is 203. The van der Waals surface area contributed by atoms with Crippen LogP contribution in [-0.4, -0.2) is 37.6 Å². The van der Waals surface area contributed by atoms with E-state index in [0.717, 1.165) is 24.4 Å². The van der Waals surface area contributed by atoms with Gasteiger partial charge in [-0.2, -0.15) is 0 Å². The fourth-order valence-corrected chi connectivity index (χ4v) is 3.12. The van der Waals surface area contributed by atoms with Crippen LogP contribution in [0.5, 0.6) is 0 Å². The first kappa shape index (κ1) is 16.0. The number of unbranched alkanes of at least 4 members (excludes halogenated alkanes) is 1. The third-order valence-electron chi connectivity index (χ3n) is 4.30. The van der Waals surface area contributed by atoms with Crippen molar-refractivity contribution in [1.29, 1.82) is 0 Å². The maximum Gasteiger partial charge on any atom is 0.0118 e. The second-order valence-electron chi connectivity index (χ2n) is 6.61. The molecule has 2 unspecified atom stereocenters. The molecule has 0 saturated heterocycles. The summed E-state index contributed by atoms with van der Waals surface area (Å²) < 4.78 is 0. The summed E-state index contributed by atoms with van der Waals surface area (Å²) in [5.41, 5.74) is 0. The summed E-state index contributed by atoms with van der Waals surface area (Å²) >= 11 is 0. The third kappa shape index (κ3) is 6.19. The lowest BCUT2D eigenvalue weighted by Gasteiger charge is -2.36. The molecule has 2 heteroatoms. The minimum absolute atomic E-state index is 0.774. The Hall–Kier alpha value is -0.0800. The van der Waals surface area contributed by atoms with Crippen molar-refractivity contribution < 1.29 is 0 Å². The molecule has 0 bridgehead atoms. The Morgan fingerprint density at radius 3 is 2.56 bits per heavy atom. The Morgan fingerprint density at radius 2 is 1.89 bits per heavy atom. The fourth-order valence-electron chi connectivity index (χ4n) is 3.12. The third-order valence-corrected chi connectivity index (χ3v) is 4.30. The molecule has 0 aromatic rings. The Morgan fingerprint density at radius 1 is 1.17 bits per heavy atom. The number of nitrogens with one attached hydrogen (secondary N) is 1. The number of hydrogen-bond donors (Lipinski definition) is 1. The second kappa shape index (κ2) is 8.92. The highest BCUT2D eigenvalue weighted by Gasteiger charge is 2.24. The lowest BCUT2D eigenvalue weighted by Crippen LogP contribution is -2.39. The van der Waals surface area contributed by atoms with Gasteiger partial charge in [-0.05, 0) is 64.2 Å². The molecule has 2 nitrogen and oxygen atoms in total. The van der Waals surface area contributed by atoms with Crippen molar-refractivity contribution in [3.8, 4) is 0 Å². The summed E-state index contributed by atoms with van der Waals surface area (Å²) in [6.07, 6.45) is 8.40. The largest absolute Gasteiger partial charge is 0.316 e. The molecule has 0 amide bonds. The van der Waals surface area contributed by atoms with Crippen molar-refractivity contribution in [2.75, 3.05) is 26.7 Å². The van der Waals surface area contributed by atoms with Crippen LogP contribution in [0, 0.1) is 11.8 Å². The van der Waals surface area contributed by atoms with Crippen molar-refractivity contribution in [2.45, 2.75) is 65.3 Å². The van der Waals surface area contributed by atoms with Crippen LogP contribution in [0.25, 0.3) is 0 Å². The van der Waals surface area contributed by atoms with Gasteiger partial charge < -0.3 is 10.2 Å². The predicted octanol–water partition coefficient (Wildman–Crippen LogP) is 3.52. The van der Waals surface area contributed by atoms with Crippen molar-refractivity contribution in [3.63, 3.8) is 0 Å². The first-order valence-corrected chi connectivity index (χ1v) is 8.02.